The van der Waals surface area contributed by atoms with Gasteiger partial charge in [0.25, 0.3) is 0 Å². The number of hydrogen-bond donors (Lipinski definition) is 0. The van der Waals surface area contributed by atoms with Gasteiger partial charge in [-0.05, 0) is 43.4 Å². The van der Waals surface area contributed by atoms with E-state index < -0.39 is 0 Å². The maximum absolute atomic E-state index is 12.2. The molecule has 1 aliphatic carbocycles. The molecule has 0 radical (unpaired) electrons. The molecule has 2 unspecified atom stereocenters. The number of benzene rings is 1. The molecule has 0 N–H and O–H groups in total. The molecule has 0 aromatic heterocycles. The first-order valence-corrected chi connectivity index (χ1v) is 8.38. The van der Waals surface area contributed by atoms with Gasteiger partial charge in [0, 0.05) is 5.92 Å². The van der Waals surface area contributed by atoms with Gasteiger partial charge in [0.05, 0.1) is 6.42 Å². The van der Waals surface area contributed by atoms with Crippen molar-refractivity contribution in [3.8, 4) is 0 Å². The van der Waals surface area contributed by atoms with Crippen LogP contribution >= 0.6 is 0 Å². The molecule has 2 atom stereocenters. The summed E-state index contributed by atoms with van der Waals surface area (Å²) in [4.78, 5) is 23.4. The van der Waals surface area contributed by atoms with Crippen LogP contribution in [0.25, 0.3) is 0 Å². The summed E-state index contributed by atoms with van der Waals surface area (Å²) in [5.74, 6) is 0.0317. The zero-order chi connectivity index (χ0) is 17.7. The van der Waals surface area contributed by atoms with Crippen LogP contribution in [-0.4, -0.2) is 17.9 Å². The van der Waals surface area contributed by atoms with Crippen molar-refractivity contribution in [3.05, 3.63) is 59.7 Å². The molecule has 1 aliphatic rings. The Morgan fingerprint density at radius 2 is 1.92 bits per heavy atom. The lowest BCUT2D eigenvalue weighted by Crippen LogP contribution is -2.35. The fourth-order valence-corrected chi connectivity index (χ4v) is 3.41. The molecule has 0 bridgehead atoms. The third kappa shape index (κ3) is 4.92. The number of hydrogen-bond acceptors (Lipinski definition) is 3. The van der Waals surface area contributed by atoms with Crippen molar-refractivity contribution < 1.29 is 14.3 Å². The minimum Gasteiger partial charge on any atom is -0.458 e. The Morgan fingerprint density at radius 3 is 2.50 bits per heavy atom. The Labute approximate surface area is 144 Å². The summed E-state index contributed by atoms with van der Waals surface area (Å²) in [5, 5.41) is 0. The first-order chi connectivity index (χ1) is 11.3. The topological polar surface area (TPSA) is 43.4 Å². The SMILES string of the molecule is CC(=O)C=CC1C(C)=CC(OC(=O)Cc2ccccc2)CC1(C)C. The fraction of sp³-hybridized carbons (Fsp3) is 0.429. The number of allylic oxidation sites excluding steroid dienone is 3. The second-order valence-corrected chi connectivity index (χ2v) is 7.24. The Balaban J connectivity index is 2.05. The van der Waals surface area contributed by atoms with Gasteiger partial charge in [-0.25, -0.2) is 0 Å². The highest BCUT2D eigenvalue weighted by molar-refractivity contribution is 5.87. The third-order valence-corrected chi connectivity index (χ3v) is 4.51. The van der Waals surface area contributed by atoms with Gasteiger partial charge >= 0.3 is 5.97 Å². The molecule has 0 fully saturated rings. The molecule has 0 amide bonds. The molecule has 1 aromatic rings. The largest absolute Gasteiger partial charge is 0.458 e. The summed E-state index contributed by atoms with van der Waals surface area (Å²) in [6.07, 6.45) is 6.44. The summed E-state index contributed by atoms with van der Waals surface area (Å²) < 4.78 is 5.67. The Kier molecular flexibility index (Phi) is 5.76. The maximum atomic E-state index is 12.2. The number of ether oxygens (including phenoxy) is 1. The molecule has 0 heterocycles. The average Bonchev–Trinajstić information content (AvgIpc) is 2.45. The lowest BCUT2D eigenvalue weighted by molar-refractivity contribution is -0.147. The van der Waals surface area contributed by atoms with E-state index in [0.29, 0.717) is 6.42 Å². The van der Waals surface area contributed by atoms with E-state index in [9.17, 15) is 9.59 Å². The minimum atomic E-state index is -0.210. The number of carbonyl (C=O) groups is 2. The summed E-state index contributed by atoms with van der Waals surface area (Å²) in [7, 11) is 0. The van der Waals surface area contributed by atoms with Gasteiger partial charge in [-0.1, -0.05) is 55.8 Å². The second kappa shape index (κ2) is 7.61. The van der Waals surface area contributed by atoms with Gasteiger partial charge in [-0.2, -0.15) is 0 Å². The van der Waals surface area contributed by atoms with Gasteiger partial charge in [-0.15, -0.1) is 0 Å². The van der Waals surface area contributed by atoms with E-state index in [1.807, 2.05) is 49.4 Å². The second-order valence-electron chi connectivity index (χ2n) is 7.24. The highest BCUT2D eigenvalue weighted by Crippen LogP contribution is 2.42. The molecule has 3 heteroatoms. The molecular formula is C21H26O3. The molecular weight excluding hydrogens is 300 g/mol. The smallest absolute Gasteiger partial charge is 0.310 e. The predicted octanol–water partition coefficient (Wildman–Crippen LogP) is 4.28. The Hall–Kier alpha value is -2.16. The summed E-state index contributed by atoms with van der Waals surface area (Å²) in [6.45, 7) is 7.89. The molecule has 2 rings (SSSR count). The van der Waals surface area contributed by atoms with Crippen molar-refractivity contribution in [3.63, 3.8) is 0 Å². The van der Waals surface area contributed by atoms with Crippen LogP contribution in [0.15, 0.2) is 54.1 Å². The quantitative estimate of drug-likeness (QED) is 0.461. The van der Waals surface area contributed by atoms with Gasteiger partial charge in [0.15, 0.2) is 5.78 Å². The molecule has 0 saturated carbocycles. The van der Waals surface area contributed by atoms with Crippen LogP contribution < -0.4 is 0 Å². The van der Waals surface area contributed by atoms with Crippen LogP contribution in [0.5, 0.6) is 0 Å². The van der Waals surface area contributed by atoms with Crippen LogP contribution in [-0.2, 0) is 20.7 Å². The van der Waals surface area contributed by atoms with Crippen molar-refractivity contribution in [2.45, 2.75) is 46.6 Å². The van der Waals surface area contributed by atoms with E-state index in [-0.39, 0.29) is 29.2 Å². The van der Waals surface area contributed by atoms with Crippen LogP contribution in [0.3, 0.4) is 0 Å². The Bertz CT molecular complexity index is 653. The lowest BCUT2D eigenvalue weighted by Gasteiger charge is -2.39. The van der Waals surface area contributed by atoms with Crippen LogP contribution in [0.4, 0.5) is 0 Å². The molecule has 24 heavy (non-hydrogen) atoms. The monoisotopic (exact) mass is 326 g/mol. The normalized spacial score (nSPS) is 22.9. The van der Waals surface area contributed by atoms with Crippen molar-refractivity contribution in [1.29, 1.82) is 0 Å². The molecule has 0 aliphatic heterocycles. The first-order valence-electron chi connectivity index (χ1n) is 8.38. The van der Waals surface area contributed by atoms with E-state index in [2.05, 4.69) is 13.8 Å². The van der Waals surface area contributed by atoms with Crippen molar-refractivity contribution >= 4 is 11.8 Å². The van der Waals surface area contributed by atoms with Crippen molar-refractivity contribution in [2.75, 3.05) is 0 Å². The zero-order valence-corrected chi connectivity index (χ0v) is 14.9. The number of esters is 1. The standard InChI is InChI=1S/C21H26O3/c1-15-12-18(14-21(3,4)19(15)11-10-16(2)22)24-20(23)13-17-8-6-5-7-9-17/h5-12,18-19H,13-14H2,1-4H3. The molecule has 3 nitrogen and oxygen atoms in total. The summed E-state index contributed by atoms with van der Waals surface area (Å²) in [6, 6.07) is 9.62. The van der Waals surface area contributed by atoms with Crippen LogP contribution in [0.2, 0.25) is 0 Å². The number of rotatable bonds is 5. The average molecular weight is 326 g/mol. The number of carbonyl (C=O) groups excluding carboxylic acids is 2. The maximum Gasteiger partial charge on any atom is 0.310 e. The number of ketones is 1. The third-order valence-electron chi connectivity index (χ3n) is 4.51. The van der Waals surface area contributed by atoms with E-state index in [4.69, 9.17) is 4.74 Å². The molecule has 1 aromatic carbocycles. The molecule has 0 spiro atoms. The summed E-state index contributed by atoms with van der Waals surface area (Å²) >= 11 is 0. The zero-order valence-electron chi connectivity index (χ0n) is 14.9. The van der Waals surface area contributed by atoms with Crippen molar-refractivity contribution in [1.82, 2.24) is 0 Å². The van der Waals surface area contributed by atoms with Gasteiger partial charge in [-0.3, -0.25) is 9.59 Å². The van der Waals surface area contributed by atoms with E-state index in [1.165, 1.54) is 0 Å². The van der Waals surface area contributed by atoms with E-state index in [0.717, 1.165) is 17.6 Å². The minimum absolute atomic E-state index is 0.0509. The van der Waals surface area contributed by atoms with E-state index in [1.54, 1.807) is 13.0 Å². The lowest BCUT2D eigenvalue weighted by atomic mass is 9.67. The predicted molar refractivity (Wildman–Crippen MR) is 95.5 cm³/mol. The first kappa shape index (κ1) is 18.2. The Morgan fingerprint density at radius 1 is 1.25 bits per heavy atom. The van der Waals surface area contributed by atoms with Gasteiger partial charge in [0.2, 0.25) is 0 Å². The fourth-order valence-electron chi connectivity index (χ4n) is 3.41. The van der Waals surface area contributed by atoms with E-state index >= 15 is 0 Å². The van der Waals surface area contributed by atoms with Crippen molar-refractivity contribution in [2.24, 2.45) is 11.3 Å². The summed E-state index contributed by atoms with van der Waals surface area (Å²) in [5.41, 5.74) is 2.03. The molecule has 128 valence electrons. The highest BCUT2D eigenvalue weighted by atomic mass is 16.5. The molecule has 0 saturated heterocycles. The van der Waals surface area contributed by atoms with Crippen LogP contribution in [0.1, 0.15) is 39.7 Å². The highest BCUT2D eigenvalue weighted by Gasteiger charge is 2.36. The van der Waals surface area contributed by atoms with Crippen LogP contribution in [0, 0.1) is 11.3 Å². The van der Waals surface area contributed by atoms with Gasteiger partial charge in [0.1, 0.15) is 6.10 Å². The van der Waals surface area contributed by atoms with Gasteiger partial charge < -0.3 is 4.74 Å².